The van der Waals surface area contributed by atoms with Crippen LogP contribution >= 0.6 is 0 Å². The van der Waals surface area contributed by atoms with Crippen molar-refractivity contribution < 1.29 is 5.11 Å². The van der Waals surface area contributed by atoms with E-state index in [1.165, 1.54) is 5.69 Å². The number of aromatic nitrogens is 2. The number of nitrogens with two attached hydrogens (primary N) is 1. The number of aliphatic hydroxyl groups excluding tert-OH is 1. The molecule has 3 N–H and O–H groups in total. The lowest BCUT2D eigenvalue weighted by atomic mass is 9.90. The zero-order chi connectivity index (χ0) is 9.97. The summed E-state index contributed by atoms with van der Waals surface area (Å²) in [6.07, 6.45) is 4.89. The van der Waals surface area contributed by atoms with Gasteiger partial charge in [-0.1, -0.05) is 0 Å². The highest BCUT2D eigenvalue weighted by Gasteiger charge is 2.21. The predicted molar refractivity (Wildman–Crippen MR) is 53.9 cm³/mol. The fraction of sp³-hybridized carbons (Fsp3) is 0.700. The molecule has 0 spiro atoms. The van der Waals surface area contributed by atoms with E-state index in [9.17, 15) is 0 Å². The number of rotatable bonds is 3. The molecule has 0 saturated carbocycles. The third-order valence-electron chi connectivity index (χ3n) is 2.93. The van der Waals surface area contributed by atoms with E-state index in [1.807, 2.05) is 6.33 Å². The van der Waals surface area contributed by atoms with E-state index in [4.69, 9.17) is 10.8 Å². The molecule has 1 heterocycles. The van der Waals surface area contributed by atoms with Crippen LogP contribution in [0.5, 0.6) is 0 Å². The van der Waals surface area contributed by atoms with Gasteiger partial charge in [0, 0.05) is 25.4 Å². The molecule has 0 aromatic carbocycles. The van der Waals surface area contributed by atoms with Crippen molar-refractivity contribution in [3.63, 3.8) is 0 Å². The monoisotopic (exact) mass is 195 g/mol. The molecule has 4 heteroatoms. The van der Waals surface area contributed by atoms with Crippen molar-refractivity contribution >= 4 is 0 Å². The van der Waals surface area contributed by atoms with Crippen molar-refractivity contribution in [1.82, 2.24) is 9.55 Å². The van der Waals surface area contributed by atoms with Crippen molar-refractivity contribution in [3.8, 4) is 0 Å². The molecule has 0 amide bonds. The number of imidazole rings is 1. The van der Waals surface area contributed by atoms with Crippen LogP contribution in [0.1, 0.15) is 17.8 Å². The molecule has 78 valence electrons. The van der Waals surface area contributed by atoms with Crippen molar-refractivity contribution in [2.45, 2.75) is 25.8 Å². The molecule has 0 fully saturated rings. The lowest BCUT2D eigenvalue weighted by Crippen LogP contribution is -2.20. The smallest absolute Gasteiger partial charge is 0.0952 e. The Morgan fingerprint density at radius 3 is 3.21 bits per heavy atom. The van der Waals surface area contributed by atoms with Gasteiger partial charge in [0.2, 0.25) is 0 Å². The van der Waals surface area contributed by atoms with Crippen LogP contribution in [0.2, 0.25) is 0 Å². The first-order valence-corrected chi connectivity index (χ1v) is 5.19. The zero-order valence-electron chi connectivity index (χ0n) is 8.32. The van der Waals surface area contributed by atoms with Gasteiger partial charge in [0.05, 0.1) is 12.0 Å². The highest BCUT2D eigenvalue weighted by atomic mass is 16.3. The second-order valence-electron chi connectivity index (χ2n) is 3.91. The lowest BCUT2D eigenvalue weighted by Gasteiger charge is -2.20. The van der Waals surface area contributed by atoms with Gasteiger partial charge in [-0.15, -0.1) is 0 Å². The summed E-state index contributed by atoms with van der Waals surface area (Å²) >= 11 is 0. The van der Waals surface area contributed by atoms with Gasteiger partial charge >= 0.3 is 0 Å². The number of hydrogen-bond acceptors (Lipinski definition) is 3. The van der Waals surface area contributed by atoms with Crippen LogP contribution in [0.25, 0.3) is 0 Å². The van der Waals surface area contributed by atoms with Crippen molar-refractivity contribution in [3.05, 3.63) is 17.7 Å². The third kappa shape index (κ3) is 1.67. The SMILES string of the molecule is NCCn1cnc2c1CCC(CO)C2. The average Bonchev–Trinajstić information content (AvgIpc) is 2.61. The maximum Gasteiger partial charge on any atom is 0.0952 e. The van der Waals surface area contributed by atoms with Gasteiger partial charge in [0.15, 0.2) is 0 Å². The Kier molecular flexibility index (Phi) is 2.84. The first-order valence-electron chi connectivity index (χ1n) is 5.19. The summed E-state index contributed by atoms with van der Waals surface area (Å²) in [6, 6.07) is 0. The maximum atomic E-state index is 9.07. The van der Waals surface area contributed by atoms with Gasteiger partial charge in [-0.25, -0.2) is 4.98 Å². The fourth-order valence-corrected chi connectivity index (χ4v) is 2.11. The molecule has 1 aliphatic rings. The second kappa shape index (κ2) is 4.11. The normalized spacial score (nSPS) is 20.9. The number of aliphatic hydroxyl groups is 1. The maximum absolute atomic E-state index is 9.07. The number of hydrogen-bond donors (Lipinski definition) is 2. The third-order valence-corrected chi connectivity index (χ3v) is 2.93. The molecule has 1 unspecified atom stereocenters. The lowest BCUT2D eigenvalue weighted by molar-refractivity contribution is 0.211. The molecule has 2 rings (SSSR count). The minimum atomic E-state index is 0.281. The second-order valence-corrected chi connectivity index (χ2v) is 3.91. The Bertz CT molecular complexity index is 308. The van der Waals surface area contributed by atoms with Crippen LogP contribution in [-0.4, -0.2) is 27.8 Å². The summed E-state index contributed by atoms with van der Waals surface area (Å²) in [6.45, 7) is 1.79. The number of nitrogens with zero attached hydrogens (tertiary/aromatic N) is 2. The van der Waals surface area contributed by atoms with E-state index in [-0.39, 0.29) is 6.61 Å². The van der Waals surface area contributed by atoms with Crippen LogP contribution in [-0.2, 0) is 19.4 Å². The molecule has 1 aromatic heterocycles. The molecule has 0 aliphatic heterocycles. The van der Waals surface area contributed by atoms with Crippen LogP contribution in [0.3, 0.4) is 0 Å². The van der Waals surface area contributed by atoms with Crippen molar-refractivity contribution in [2.75, 3.05) is 13.2 Å². The van der Waals surface area contributed by atoms with E-state index in [0.717, 1.165) is 31.5 Å². The molecule has 0 saturated heterocycles. The predicted octanol–water partition coefficient (Wildman–Crippen LogP) is -0.0610. The van der Waals surface area contributed by atoms with Crippen molar-refractivity contribution in [1.29, 1.82) is 0 Å². The summed E-state index contributed by atoms with van der Waals surface area (Å²) < 4.78 is 2.14. The Hall–Kier alpha value is -0.870. The minimum Gasteiger partial charge on any atom is -0.396 e. The van der Waals surface area contributed by atoms with Crippen LogP contribution in [0.15, 0.2) is 6.33 Å². The summed E-state index contributed by atoms with van der Waals surface area (Å²) in [7, 11) is 0. The van der Waals surface area contributed by atoms with Crippen molar-refractivity contribution in [2.24, 2.45) is 11.7 Å². The zero-order valence-corrected chi connectivity index (χ0v) is 8.32. The molecule has 1 aliphatic carbocycles. The van der Waals surface area contributed by atoms with Gasteiger partial charge in [0.1, 0.15) is 0 Å². The van der Waals surface area contributed by atoms with E-state index in [2.05, 4.69) is 9.55 Å². The molecule has 1 aromatic rings. The Labute approximate surface area is 83.8 Å². The molecular weight excluding hydrogens is 178 g/mol. The highest BCUT2D eigenvalue weighted by molar-refractivity contribution is 5.17. The highest BCUT2D eigenvalue weighted by Crippen LogP contribution is 2.24. The van der Waals surface area contributed by atoms with E-state index in [1.54, 1.807) is 0 Å². The average molecular weight is 195 g/mol. The first-order chi connectivity index (χ1) is 6.85. The van der Waals surface area contributed by atoms with Crippen LogP contribution < -0.4 is 5.73 Å². The minimum absolute atomic E-state index is 0.281. The van der Waals surface area contributed by atoms with Gasteiger partial charge in [-0.05, 0) is 25.2 Å². The van der Waals surface area contributed by atoms with Gasteiger partial charge < -0.3 is 15.4 Å². The van der Waals surface area contributed by atoms with Crippen LogP contribution in [0, 0.1) is 5.92 Å². The standard InChI is InChI=1S/C10H17N3O/c11-3-4-13-7-12-9-5-8(6-14)1-2-10(9)13/h7-8,14H,1-6,11H2. The summed E-state index contributed by atoms with van der Waals surface area (Å²) in [4.78, 5) is 4.37. The summed E-state index contributed by atoms with van der Waals surface area (Å²) in [5, 5.41) is 9.07. The molecule has 14 heavy (non-hydrogen) atoms. The van der Waals surface area contributed by atoms with Gasteiger partial charge in [-0.2, -0.15) is 0 Å². The summed E-state index contributed by atoms with van der Waals surface area (Å²) in [5.74, 6) is 0.406. The molecule has 4 nitrogen and oxygen atoms in total. The summed E-state index contributed by atoms with van der Waals surface area (Å²) in [5.41, 5.74) is 7.99. The largest absolute Gasteiger partial charge is 0.396 e. The Morgan fingerprint density at radius 1 is 1.64 bits per heavy atom. The van der Waals surface area contributed by atoms with Crippen LogP contribution in [0.4, 0.5) is 0 Å². The molecular formula is C10H17N3O. The quantitative estimate of drug-likeness (QED) is 0.710. The van der Waals surface area contributed by atoms with Gasteiger partial charge in [0.25, 0.3) is 0 Å². The number of fused-ring (bicyclic) bond motifs is 1. The van der Waals surface area contributed by atoms with E-state index < -0.39 is 0 Å². The Morgan fingerprint density at radius 2 is 2.50 bits per heavy atom. The molecule has 0 bridgehead atoms. The Balaban J connectivity index is 2.16. The molecule has 0 radical (unpaired) electrons. The fourth-order valence-electron chi connectivity index (χ4n) is 2.11. The first kappa shape index (κ1) is 9.68. The van der Waals surface area contributed by atoms with E-state index in [0.29, 0.717) is 12.5 Å². The molecule has 1 atom stereocenters. The van der Waals surface area contributed by atoms with Gasteiger partial charge in [-0.3, -0.25) is 0 Å². The topological polar surface area (TPSA) is 64.1 Å². The van der Waals surface area contributed by atoms with E-state index >= 15 is 0 Å².